The number of benzene rings is 4. The standard InChI is InChI=1S/C40H38O13/c1-45-30-18-25(19-31(46-2)36(30)47-3)32-26-20-29-28(50-21-51-29)17-24(26)16-27(37(41)52-34(39(43)48-4)22-12-8-6-9-13-22)33(32)38(42)53-35(40(44)49-5)23-14-10-7-11-15-23/h6-15,17-20,27,32-35H,16,21H2,1-5H3/t27-,32+,33+,34+,35+/m1/s1. The molecule has 53 heavy (non-hydrogen) atoms. The molecule has 0 bridgehead atoms. The summed E-state index contributed by atoms with van der Waals surface area (Å²) in [6.45, 7) is -0.0280. The van der Waals surface area contributed by atoms with Gasteiger partial charge in [-0.05, 0) is 47.4 Å². The van der Waals surface area contributed by atoms with Gasteiger partial charge in [-0.15, -0.1) is 0 Å². The van der Waals surface area contributed by atoms with Crippen LogP contribution in [0.1, 0.15) is 45.9 Å². The summed E-state index contributed by atoms with van der Waals surface area (Å²) in [6, 6.07) is 23.6. The number of hydrogen-bond acceptors (Lipinski definition) is 13. The van der Waals surface area contributed by atoms with Gasteiger partial charge in [0.2, 0.25) is 24.8 Å². The van der Waals surface area contributed by atoms with E-state index in [-0.39, 0.29) is 24.7 Å². The predicted octanol–water partition coefficient (Wildman–Crippen LogP) is 5.28. The lowest BCUT2D eigenvalue weighted by molar-refractivity contribution is -0.178. The van der Waals surface area contributed by atoms with E-state index in [4.69, 9.17) is 42.6 Å². The molecular formula is C40H38O13. The molecule has 0 amide bonds. The Balaban J connectivity index is 1.54. The number of carbonyl (C=O) groups is 4. The maximum atomic E-state index is 14.8. The monoisotopic (exact) mass is 726 g/mol. The molecule has 1 aliphatic heterocycles. The number of hydrogen-bond donors (Lipinski definition) is 0. The van der Waals surface area contributed by atoms with Crippen LogP contribution in [0.2, 0.25) is 0 Å². The molecule has 13 nitrogen and oxygen atoms in total. The van der Waals surface area contributed by atoms with Crippen LogP contribution in [-0.4, -0.2) is 66.2 Å². The average molecular weight is 727 g/mol. The Hall–Kier alpha value is -6.24. The van der Waals surface area contributed by atoms with E-state index in [0.717, 1.165) is 0 Å². The third kappa shape index (κ3) is 7.27. The Morgan fingerprint density at radius 1 is 0.642 bits per heavy atom. The summed E-state index contributed by atoms with van der Waals surface area (Å²) >= 11 is 0. The van der Waals surface area contributed by atoms with Crippen molar-refractivity contribution in [3.05, 3.63) is 113 Å². The van der Waals surface area contributed by atoms with Crippen molar-refractivity contribution in [2.45, 2.75) is 24.5 Å². The molecule has 0 N–H and O–H groups in total. The Labute approximate surface area is 305 Å². The fourth-order valence-electron chi connectivity index (χ4n) is 6.83. The highest BCUT2D eigenvalue weighted by molar-refractivity contribution is 5.89. The molecule has 276 valence electrons. The van der Waals surface area contributed by atoms with Crippen molar-refractivity contribution in [1.29, 1.82) is 0 Å². The first-order valence-corrected chi connectivity index (χ1v) is 16.6. The molecule has 5 atom stereocenters. The normalized spacial score (nSPS) is 18.0. The summed E-state index contributed by atoms with van der Waals surface area (Å²) in [6.07, 6.45) is -2.96. The number of carbonyl (C=O) groups excluding carboxylic acids is 4. The lowest BCUT2D eigenvalue weighted by atomic mass is 9.66. The zero-order valence-corrected chi connectivity index (χ0v) is 29.7. The zero-order valence-electron chi connectivity index (χ0n) is 29.7. The highest BCUT2D eigenvalue weighted by atomic mass is 16.7. The van der Waals surface area contributed by atoms with Crippen LogP contribution in [0.3, 0.4) is 0 Å². The van der Waals surface area contributed by atoms with Crippen molar-refractivity contribution in [3.63, 3.8) is 0 Å². The first-order valence-electron chi connectivity index (χ1n) is 16.6. The zero-order chi connectivity index (χ0) is 37.6. The number of fused-ring (bicyclic) bond motifs is 2. The van der Waals surface area contributed by atoms with Crippen LogP contribution >= 0.6 is 0 Å². The second-order valence-electron chi connectivity index (χ2n) is 12.2. The average Bonchev–Trinajstić information content (AvgIpc) is 3.67. The minimum atomic E-state index is -1.48. The first kappa shape index (κ1) is 36.5. The van der Waals surface area contributed by atoms with Crippen LogP contribution in [0.15, 0.2) is 84.9 Å². The van der Waals surface area contributed by atoms with E-state index in [1.807, 2.05) is 0 Å². The first-order chi connectivity index (χ1) is 25.7. The van der Waals surface area contributed by atoms with Crippen molar-refractivity contribution in [1.82, 2.24) is 0 Å². The molecule has 0 saturated carbocycles. The minimum absolute atomic E-state index is 0.0280. The fraction of sp³-hybridized carbons (Fsp3) is 0.300. The molecule has 0 radical (unpaired) electrons. The maximum Gasteiger partial charge on any atom is 0.351 e. The van der Waals surface area contributed by atoms with Gasteiger partial charge in [0, 0.05) is 17.0 Å². The molecule has 1 aliphatic carbocycles. The van der Waals surface area contributed by atoms with E-state index in [0.29, 0.717) is 45.1 Å². The lowest BCUT2D eigenvalue weighted by Gasteiger charge is -2.38. The predicted molar refractivity (Wildman–Crippen MR) is 186 cm³/mol. The molecule has 0 saturated heterocycles. The van der Waals surface area contributed by atoms with Gasteiger partial charge in [0.25, 0.3) is 0 Å². The lowest BCUT2D eigenvalue weighted by Crippen LogP contribution is -2.43. The van der Waals surface area contributed by atoms with E-state index < -0.39 is 53.8 Å². The third-order valence-corrected chi connectivity index (χ3v) is 9.33. The van der Waals surface area contributed by atoms with E-state index in [1.54, 1.807) is 84.9 Å². The maximum absolute atomic E-state index is 14.8. The van der Waals surface area contributed by atoms with Crippen molar-refractivity contribution in [2.24, 2.45) is 11.8 Å². The van der Waals surface area contributed by atoms with Crippen LogP contribution in [0.25, 0.3) is 0 Å². The van der Waals surface area contributed by atoms with Gasteiger partial charge in [-0.25, -0.2) is 9.59 Å². The fourth-order valence-corrected chi connectivity index (χ4v) is 6.83. The van der Waals surface area contributed by atoms with Crippen LogP contribution in [0, 0.1) is 11.8 Å². The van der Waals surface area contributed by atoms with Gasteiger partial charge in [-0.1, -0.05) is 60.7 Å². The van der Waals surface area contributed by atoms with Crippen molar-refractivity contribution in [2.75, 3.05) is 42.3 Å². The molecule has 4 aromatic rings. The van der Waals surface area contributed by atoms with Gasteiger partial charge in [0.15, 0.2) is 23.0 Å². The summed E-state index contributed by atoms with van der Waals surface area (Å²) in [5.74, 6) is -5.30. The van der Waals surface area contributed by atoms with Gasteiger partial charge < -0.3 is 42.6 Å². The Kier molecular flexibility index (Phi) is 11.0. The Morgan fingerprint density at radius 3 is 1.64 bits per heavy atom. The second-order valence-corrected chi connectivity index (χ2v) is 12.2. The number of rotatable bonds is 12. The van der Waals surface area contributed by atoms with Gasteiger partial charge in [-0.2, -0.15) is 0 Å². The third-order valence-electron chi connectivity index (χ3n) is 9.33. The van der Waals surface area contributed by atoms with Crippen LogP contribution < -0.4 is 23.7 Å². The Bertz CT molecular complexity index is 1950. The smallest absolute Gasteiger partial charge is 0.351 e. The molecular weight excluding hydrogens is 688 g/mol. The minimum Gasteiger partial charge on any atom is -0.493 e. The van der Waals surface area contributed by atoms with Crippen LogP contribution in [0.5, 0.6) is 28.7 Å². The number of ether oxygens (including phenoxy) is 9. The largest absolute Gasteiger partial charge is 0.493 e. The van der Waals surface area contributed by atoms with Gasteiger partial charge >= 0.3 is 23.9 Å². The van der Waals surface area contributed by atoms with Crippen molar-refractivity contribution < 1.29 is 61.8 Å². The quantitative estimate of drug-likeness (QED) is 0.138. The summed E-state index contributed by atoms with van der Waals surface area (Å²) in [5.41, 5.74) is 2.44. The molecule has 0 spiro atoms. The second kappa shape index (κ2) is 16.0. The van der Waals surface area contributed by atoms with Crippen LogP contribution in [-0.2, 0) is 44.5 Å². The number of esters is 4. The molecule has 0 unspecified atom stereocenters. The van der Waals surface area contributed by atoms with Crippen molar-refractivity contribution >= 4 is 23.9 Å². The van der Waals surface area contributed by atoms with Crippen LogP contribution in [0.4, 0.5) is 0 Å². The number of methoxy groups -OCH3 is 5. The van der Waals surface area contributed by atoms with Gasteiger partial charge in [-0.3, -0.25) is 9.59 Å². The molecule has 1 heterocycles. The van der Waals surface area contributed by atoms with Gasteiger partial charge in [0.1, 0.15) is 0 Å². The highest BCUT2D eigenvalue weighted by Gasteiger charge is 2.50. The SMILES string of the molecule is COC(=O)[C@@H](OC(=O)[C@@H]1[C@@H](c2cc(OC)c(OC)c(OC)c2)c2cc3c(cc2C[C@H]1C(=O)O[C@H](C(=O)OC)c1ccccc1)OCO3)c1ccccc1. The highest BCUT2D eigenvalue weighted by Crippen LogP contribution is 2.52. The molecule has 0 fully saturated rings. The summed E-state index contributed by atoms with van der Waals surface area (Å²) in [4.78, 5) is 55.6. The summed E-state index contributed by atoms with van der Waals surface area (Å²) < 4.78 is 50.4. The molecule has 13 heteroatoms. The van der Waals surface area contributed by atoms with Crippen molar-refractivity contribution in [3.8, 4) is 28.7 Å². The van der Waals surface area contributed by atoms with Gasteiger partial charge in [0.05, 0.1) is 47.4 Å². The summed E-state index contributed by atoms with van der Waals surface area (Å²) in [5, 5.41) is 0. The molecule has 2 aliphatic rings. The summed E-state index contributed by atoms with van der Waals surface area (Å²) in [7, 11) is 6.74. The van der Waals surface area contributed by atoms with E-state index in [1.165, 1.54) is 35.5 Å². The van der Waals surface area contributed by atoms with E-state index >= 15 is 0 Å². The Morgan fingerprint density at radius 2 is 1.15 bits per heavy atom. The molecule has 0 aromatic heterocycles. The molecule has 4 aromatic carbocycles. The van der Waals surface area contributed by atoms with E-state index in [2.05, 4.69) is 0 Å². The topological polar surface area (TPSA) is 151 Å². The molecule has 6 rings (SSSR count). The van der Waals surface area contributed by atoms with E-state index in [9.17, 15) is 19.2 Å².